The van der Waals surface area contributed by atoms with Crippen LogP contribution in [0.3, 0.4) is 0 Å². The summed E-state index contributed by atoms with van der Waals surface area (Å²) in [4.78, 5) is 16.0. The molecule has 0 aromatic carbocycles. The standard InChI is InChI=1S/C7H8BrNOS/c1-4(10)3-6-5(2)11-7(8)9-6/h3H2,1-2H3. The average Bonchev–Trinajstić information content (AvgIpc) is 2.09. The van der Waals surface area contributed by atoms with Crippen molar-refractivity contribution in [2.24, 2.45) is 0 Å². The quantitative estimate of drug-likeness (QED) is 0.786. The van der Waals surface area contributed by atoms with Crippen LogP contribution in [0.5, 0.6) is 0 Å². The van der Waals surface area contributed by atoms with Gasteiger partial charge in [0.1, 0.15) is 5.78 Å². The van der Waals surface area contributed by atoms with Crippen LogP contribution in [0.4, 0.5) is 0 Å². The Morgan fingerprint density at radius 2 is 2.36 bits per heavy atom. The highest BCUT2D eigenvalue weighted by Gasteiger charge is 2.06. The molecule has 0 unspecified atom stereocenters. The Bertz CT molecular complexity index is 282. The number of hydrogen-bond acceptors (Lipinski definition) is 3. The number of carbonyl (C=O) groups excluding carboxylic acids is 1. The summed E-state index contributed by atoms with van der Waals surface area (Å²) in [6, 6.07) is 0. The van der Waals surface area contributed by atoms with Gasteiger partial charge in [-0.05, 0) is 29.8 Å². The van der Waals surface area contributed by atoms with Gasteiger partial charge in [0.25, 0.3) is 0 Å². The molecule has 0 atom stereocenters. The zero-order valence-electron chi connectivity index (χ0n) is 6.35. The van der Waals surface area contributed by atoms with Gasteiger partial charge < -0.3 is 0 Å². The largest absolute Gasteiger partial charge is 0.300 e. The maximum atomic E-state index is 10.7. The van der Waals surface area contributed by atoms with Crippen LogP contribution in [-0.4, -0.2) is 10.8 Å². The number of nitrogens with zero attached hydrogens (tertiary/aromatic N) is 1. The van der Waals surface area contributed by atoms with Crippen molar-refractivity contribution in [2.45, 2.75) is 20.3 Å². The number of aromatic nitrogens is 1. The minimum absolute atomic E-state index is 0.158. The number of hydrogen-bond donors (Lipinski definition) is 0. The molecule has 0 radical (unpaired) electrons. The Balaban J connectivity index is 2.85. The Labute approximate surface area is 77.8 Å². The third kappa shape index (κ3) is 2.38. The van der Waals surface area contributed by atoms with Crippen molar-refractivity contribution in [1.82, 2.24) is 4.98 Å². The van der Waals surface area contributed by atoms with E-state index in [9.17, 15) is 4.79 Å². The highest BCUT2D eigenvalue weighted by molar-refractivity contribution is 9.11. The van der Waals surface area contributed by atoms with Crippen molar-refractivity contribution in [1.29, 1.82) is 0 Å². The molecule has 11 heavy (non-hydrogen) atoms. The molecule has 4 heteroatoms. The molecule has 0 fully saturated rings. The molecule has 0 N–H and O–H groups in total. The van der Waals surface area contributed by atoms with Gasteiger partial charge in [-0.15, -0.1) is 11.3 Å². The number of thiazole rings is 1. The molecule has 0 spiro atoms. The minimum atomic E-state index is 0.158. The van der Waals surface area contributed by atoms with Gasteiger partial charge in [0.2, 0.25) is 0 Å². The molecule has 0 bridgehead atoms. The highest BCUT2D eigenvalue weighted by atomic mass is 79.9. The first kappa shape index (κ1) is 8.87. The third-order valence-electron chi connectivity index (χ3n) is 1.28. The SMILES string of the molecule is CC(=O)Cc1nc(Br)sc1C. The van der Waals surface area contributed by atoms with Gasteiger partial charge in [-0.1, -0.05) is 0 Å². The van der Waals surface area contributed by atoms with Crippen LogP contribution in [-0.2, 0) is 11.2 Å². The first-order chi connectivity index (χ1) is 5.09. The van der Waals surface area contributed by atoms with Crippen LogP contribution in [0.15, 0.2) is 3.92 Å². The lowest BCUT2D eigenvalue weighted by Gasteiger charge is -1.90. The number of rotatable bonds is 2. The Kier molecular flexibility index (Phi) is 2.78. The zero-order chi connectivity index (χ0) is 8.43. The van der Waals surface area contributed by atoms with E-state index in [1.165, 1.54) is 0 Å². The molecule has 1 heterocycles. The Morgan fingerprint density at radius 1 is 1.73 bits per heavy atom. The van der Waals surface area contributed by atoms with Crippen molar-refractivity contribution in [3.8, 4) is 0 Å². The zero-order valence-corrected chi connectivity index (χ0v) is 8.75. The summed E-state index contributed by atoms with van der Waals surface area (Å²) in [5, 5.41) is 0. The molecule has 0 aliphatic carbocycles. The lowest BCUT2D eigenvalue weighted by molar-refractivity contribution is -0.116. The van der Waals surface area contributed by atoms with Crippen molar-refractivity contribution in [3.05, 3.63) is 14.5 Å². The molecule has 0 amide bonds. The molecule has 0 aliphatic heterocycles. The van der Waals surface area contributed by atoms with Gasteiger partial charge in [0.15, 0.2) is 3.92 Å². The van der Waals surface area contributed by atoms with E-state index in [1.807, 2.05) is 6.92 Å². The van der Waals surface area contributed by atoms with Gasteiger partial charge in [0.05, 0.1) is 5.69 Å². The number of Topliss-reactive ketones (excluding diaryl/α,β-unsaturated/α-hetero) is 1. The smallest absolute Gasteiger partial charge is 0.159 e. The maximum Gasteiger partial charge on any atom is 0.159 e. The van der Waals surface area contributed by atoms with E-state index in [0.29, 0.717) is 6.42 Å². The van der Waals surface area contributed by atoms with Gasteiger partial charge >= 0.3 is 0 Å². The second kappa shape index (κ2) is 3.45. The summed E-state index contributed by atoms with van der Waals surface area (Å²) in [5.74, 6) is 0.158. The topological polar surface area (TPSA) is 30.0 Å². The van der Waals surface area contributed by atoms with E-state index in [2.05, 4.69) is 20.9 Å². The predicted molar refractivity (Wildman–Crippen MR) is 48.9 cm³/mol. The van der Waals surface area contributed by atoms with E-state index in [-0.39, 0.29) is 5.78 Å². The van der Waals surface area contributed by atoms with E-state index in [1.54, 1.807) is 18.3 Å². The normalized spacial score (nSPS) is 10.1. The molecule has 0 aliphatic rings. The average molecular weight is 234 g/mol. The fraction of sp³-hybridized carbons (Fsp3) is 0.429. The van der Waals surface area contributed by atoms with Crippen LogP contribution in [0.2, 0.25) is 0 Å². The number of carbonyl (C=O) groups is 1. The van der Waals surface area contributed by atoms with Crippen molar-refractivity contribution in [2.75, 3.05) is 0 Å². The monoisotopic (exact) mass is 233 g/mol. The van der Waals surface area contributed by atoms with Gasteiger partial charge in [-0.25, -0.2) is 4.98 Å². The second-order valence-electron chi connectivity index (χ2n) is 2.35. The molecule has 60 valence electrons. The third-order valence-corrected chi connectivity index (χ3v) is 2.75. The van der Waals surface area contributed by atoms with Crippen LogP contribution in [0.25, 0.3) is 0 Å². The van der Waals surface area contributed by atoms with E-state index < -0.39 is 0 Å². The predicted octanol–water partition coefficient (Wildman–Crippen LogP) is 2.35. The number of ketones is 1. The molecule has 2 nitrogen and oxygen atoms in total. The van der Waals surface area contributed by atoms with Crippen molar-refractivity contribution >= 4 is 33.0 Å². The summed E-state index contributed by atoms with van der Waals surface area (Å²) in [6.45, 7) is 3.55. The van der Waals surface area contributed by atoms with Gasteiger partial charge in [-0.2, -0.15) is 0 Å². The number of aryl methyl sites for hydroxylation is 1. The Morgan fingerprint density at radius 3 is 2.73 bits per heavy atom. The first-order valence-electron chi connectivity index (χ1n) is 3.21. The summed E-state index contributed by atoms with van der Waals surface area (Å²) in [6.07, 6.45) is 0.452. The van der Waals surface area contributed by atoms with Crippen LogP contribution in [0, 0.1) is 6.92 Å². The molecule has 1 rings (SSSR count). The fourth-order valence-corrected chi connectivity index (χ4v) is 2.38. The molecular weight excluding hydrogens is 226 g/mol. The van der Waals surface area contributed by atoms with Crippen molar-refractivity contribution < 1.29 is 4.79 Å². The lowest BCUT2D eigenvalue weighted by Crippen LogP contribution is -1.97. The summed E-state index contributed by atoms with van der Waals surface area (Å²) in [7, 11) is 0. The molecule has 0 saturated heterocycles. The first-order valence-corrected chi connectivity index (χ1v) is 4.82. The van der Waals surface area contributed by atoms with E-state index in [4.69, 9.17) is 0 Å². The van der Waals surface area contributed by atoms with Gasteiger partial charge in [-0.3, -0.25) is 4.79 Å². The molecular formula is C7H8BrNOS. The minimum Gasteiger partial charge on any atom is -0.300 e. The lowest BCUT2D eigenvalue weighted by atomic mass is 10.2. The van der Waals surface area contributed by atoms with E-state index >= 15 is 0 Å². The van der Waals surface area contributed by atoms with Gasteiger partial charge in [0, 0.05) is 11.3 Å². The van der Waals surface area contributed by atoms with Crippen LogP contribution >= 0.6 is 27.3 Å². The van der Waals surface area contributed by atoms with E-state index in [0.717, 1.165) is 14.5 Å². The van der Waals surface area contributed by atoms with Crippen LogP contribution in [0.1, 0.15) is 17.5 Å². The number of halogens is 1. The molecule has 0 saturated carbocycles. The molecule has 1 aromatic heterocycles. The summed E-state index contributed by atoms with van der Waals surface area (Å²) < 4.78 is 0.853. The second-order valence-corrected chi connectivity index (χ2v) is 4.83. The summed E-state index contributed by atoms with van der Waals surface area (Å²) >= 11 is 4.83. The Hall–Kier alpha value is -0.220. The summed E-state index contributed by atoms with van der Waals surface area (Å²) in [5.41, 5.74) is 0.898. The molecule has 1 aromatic rings. The van der Waals surface area contributed by atoms with Crippen molar-refractivity contribution in [3.63, 3.8) is 0 Å². The van der Waals surface area contributed by atoms with Crippen LogP contribution < -0.4 is 0 Å². The maximum absolute atomic E-state index is 10.7. The highest BCUT2D eigenvalue weighted by Crippen LogP contribution is 2.22. The fourth-order valence-electron chi connectivity index (χ4n) is 0.793.